The Bertz CT molecular complexity index is 1250. The summed E-state index contributed by atoms with van der Waals surface area (Å²) in [5.41, 5.74) is 3.19. The Balaban J connectivity index is 1.70. The lowest BCUT2D eigenvalue weighted by molar-refractivity contribution is -0.117. The second-order valence-electron chi connectivity index (χ2n) is 7.56. The fourth-order valence-corrected chi connectivity index (χ4v) is 5.04. The number of hydrogen-bond donors (Lipinski definition) is 1. The molecule has 0 radical (unpaired) electrons. The minimum absolute atomic E-state index is 0.0870. The van der Waals surface area contributed by atoms with Crippen molar-refractivity contribution < 1.29 is 9.59 Å². The van der Waals surface area contributed by atoms with Crippen molar-refractivity contribution >= 4 is 50.9 Å². The highest BCUT2D eigenvalue weighted by molar-refractivity contribution is 9.10. The van der Waals surface area contributed by atoms with Crippen LogP contribution in [0.4, 0.5) is 11.4 Å². The summed E-state index contributed by atoms with van der Waals surface area (Å²) in [6.07, 6.45) is 0.488. The lowest BCUT2D eigenvalue weighted by atomic mass is 10.1. The van der Waals surface area contributed by atoms with Crippen LogP contribution in [-0.4, -0.2) is 17.1 Å². The Morgan fingerprint density at radius 2 is 1.73 bits per heavy atom. The summed E-state index contributed by atoms with van der Waals surface area (Å²) in [4.78, 5) is 28.0. The average molecular weight is 518 g/mol. The number of nitrogens with one attached hydrogen (secondary N) is 1. The van der Waals surface area contributed by atoms with Crippen LogP contribution in [0.2, 0.25) is 0 Å². The average Bonchev–Trinajstić information content (AvgIpc) is 3.13. The fraction of sp³-hybridized carbons (Fsp3) is 0.115. The number of benzene rings is 3. The molecule has 1 aliphatic rings. The van der Waals surface area contributed by atoms with Gasteiger partial charge in [0.2, 0.25) is 5.91 Å². The Morgan fingerprint density at radius 1 is 1.06 bits per heavy atom. The smallest absolute Gasteiger partial charge is 0.269 e. The van der Waals surface area contributed by atoms with Crippen molar-refractivity contribution in [2.45, 2.75) is 18.6 Å². The molecule has 0 spiro atoms. The maximum Gasteiger partial charge on any atom is 0.269 e. The Kier molecular flexibility index (Phi) is 6.97. The Labute approximate surface area is 205 Å². The minimum Gasteiger partial charge on any atom is -0.321 e. The van der Waals surface area contributed by atoms with Crippen LogP contribution in [0.1, 0.15) is 11.1 Å². The zero-order valence-corrected chi connectivity index (χ0v) is 20.2. The van der Waals surface area contributed by atoms with Crippen molar-refractivity contribution in [3.05, 3.63) is 105 Å². The predicted molar refractivity (Wildman–Crippen MR) is 136 cm³/mol. The highest BCUT2D eigenvalue weighted by Crippen LogP contribution is 2.42. The molecule has 1 saturated heterocycles. The van der Waals surface area contributed by atoms with Crippen LogP contribution in [0.3, 0.4) is 0 Å². The van der Waals surface area contributed by atoms with Gasteiger partial charge in [-0.1, -0.05) is 75.7 Å². The highest BCUT2D eigenvalue weighted by Gasteiger charge is 2.40. The molecule has 0 bridgehead atoms. The van der Waals surface area contributed by atoms with Crippen molar-refractivity contribution in [1.82, 2.24) is 0 Å². The van der Waals surface area contributed by atoms with Gasteiger partial charge in [0.15, 0.2) is 0 Å². The van der Waals surface area contributed by atoms with E-state index in [1.165, 1.54) is 16.7 Å². The first-order valence-corrected chi connectivity index (χ1v) is 12.0. The molecular formula is C26H20BrN3O2S. The summed E-state index contributed by atoms with van der Waals surface area (Å²) >= 11 is 4.68. The maximum atomic E-state index is 13.4. The van der Waals surface area contributed by atoms with Crippen molar-refractivity contribution in [1.29, 1.82) is 5.26 Å². The molecule has 1 heterocycles. The quantitative estimate of drug-likeness (QED) is 0.341. The maximum absolute atomic E-state index is 13.4. The van der Waals surface area contributed by atoms with E-state index in [9.17, 15) is 14.9 Å². The summed E-state index contributed by atoms with van der Waals surface area (Å²) in [5, 5.41) is 12.6. The summed E-state index contributed by atoms with van der Waals surface area (Å²) in [6.45, 7) is 1.96. The third-order valence-electron chi connectivity index (χ3n) is 5.16. The van der Waals surface area contributed by atoms with Crippen molar-refractivity contribution in [2.75, 3.05) is 10.2 Å². The Morgan fingerprint density at radius 3 is 2.36 bits per heavy atom. The van der Waals surface area contributed by atoms with Gasteiger partial charge in [0.05, 0.1) is 5.25 Å². The van der Waals surface area contributed by atoms with E-state index in [0.29, 0.717) is 22.8 Å². The highest BCUT2D eigenvalue weighted by atomic mass is 79.9. The molecule has 2 amide bonds. The number of thioether (sulfide) groups is 1. The number of nitriles is 1. The van der Waals surface area contributed by atoms with E-state index in [0.717, 1.165) is 15.6 Å². The van der Waals surface area contributed by atoms with Crippen LogP contribution in [-0.2, 0) is 16.0 Å². The standard InChI is InChI=1S/C26H20BrN3O2S/c1-17-7-13-20(14-8-17)29-24(31)22(16-28)26-30(21-5-3-2-4-6-21)25(32)23(33-26)15-18-9-11-19(27)12-10-18/h2-14,23H,15H2,1H3,(H,29,31)/b26-22-/t23-/m1/s1. The molecule has 4 rings (SSSR count). The molecule has 3 aromatic rings. The summed E-state index contributed by atoms with van der Waals surface area (Å²) in [6, 6.07) is 26.3. The van der Waals surface area contributed by atoms with E-state index in [4.69, 9.17) is 0 Å². The zero-order valence-electron chi connectivity index (χ0n) is 17.8. The van der Waals surface area contributed by atoms with E-state index in [1.807, 2.05) is 67.6 Å². The largest absolute Gasteiger partial charge is 0.321 e. The van der Waals surface area contributed by atoms with Gasteiger partial charge in [-0.2, -0.15) is 5.26 Å². The summed E-state index contributed by atoms with van der Waals surface area (Å²) in [5.74, 6) is -0.693. The molecule has 1 fully saturated rings. The van der Waals surface area contributed by atoms with E-state index >= 15 is 0 Å². The van der Waals surface area contributed by atoms with Crippen molar-refractivity contribution in [3.8, 4) is 6.07 Å². The molecule has 5 nitrogen and oxygen atoms in total. The van der Waals surface area contributed by atoms with Gasteiger partial charge in [-0.3, -0.25) is 14.5 Å². The molecule has 0 unspecified atom stereocenters. The lowest BCUT2D eigenvalue weighted by Gasteiger charge is -2.18. The van der Waals surface area contributed by atoms with Crippen LogP contribution in [0.25, 0.3) is 0 Å². The minimum atomic E-state index is -0.540. The number of nitrogens with zero attached hydrogens (tertiary/aromatic N) is 2. The number of rotatable bonds is 5. The summed E-state index contributed by atoms with van der Waals surface area (Å²) in [7, 11) is 0. The molecule has 33 heavy (non-hydrogen) atoms. The summed E-state index contributed by atoms with van der Waals surface area (Å²) < 4.78 is 0.961. The van der Waals surface area contributed by atoms with Gasteiger partial charge < -0.3 is 5.32 Å². The molecular weight excluding hydrogens is 498 g/mol. The lowest BCUT2D eigenvalue weighted by Crippen LogP contribution is -2.30. The number of para-hydroxylation sites is 1. The topological polar surface area (TPSA) is 73.2 Å². The van der Waals surface area contributed by atoms with Gasteiger partial charge in [-0.05, 0) is 55.3 Å². The first-order chi connectivity index (χ1) is 16.0. The van der Waals surface area contributed by atoms with Crippen LogP contribution < -0.4 is 10.2 Å². The molecule has 0 aromatic heterocycles. The normalized spacial score (nSPS) is 16.9. The van der Waals surface area contributed by atoms with Gasteiger partial charge in [-0.15, -0.1) is 0 Å². The van der Waals surface area contributed by atoms with Gasteiger partial charge >= 0.3 is 0 Å². The molecule has 1 N–H and O–H groups in total. The first-order valence-electron chi connectivity index (χ1n) is 10.3. The number of hydrogen-bond acceptors (Lipinski definition) is 4. The fourth-order valence-electron chi connectivity index (χ4n) is 3.46. The zero-order chi connectivity index (χ0) is 23.4. The number of amides is 2. The molecule has 7 heteroatoms. The van der Waals surface area contributed by atoms with E-state index < -0.39 is 11.2 Å². The number of carbonyl (C=O) groups excluding carboxylic acids is 2. The molecule has 0 aliphatic carbocycles. The van der Waals surface area contributed by atoms with Crippen LogP contribution in [0.5, 0.6) is 0 Å². The number of anilines is 2. The number of carbonyl (C=O) groups is 2. The number of halogens is 1. The van der Waals surface area contributed by atoms with Gasteiger partial charge in [0, 0.05) is 15.8 Å². The van der Waals surface area contributed by atoms with Crippen LogP contribution in [0, 0.1) is 18.3 Å². The van der Waals surface area contributed by atoms with Gasteiger partial charge in [0.1, 0.15) is 16.7 Å². The van der Waals surface area contributed by atoms with E-state index in [1.54, 1.807) is 24.3 Å². The molecule has 1 atom stereocenters. The number of aryl methyl sites for hydroxylation is 1. The second-order valence-corrected chi connectivity index (χ2v) is 9.67. The first kappa shape index (κ1) is 22.8. The predicted octanol–water partition coefficient (Wildman–Crippen LogP) is 5.82. The Hall–Kier alpha value is -3.34. The second kappa shape index (κ2) is 10.1. The van der Waals surface area contributed by atoms with Crippen LogP contribution >= 0.6 is 27.7 Å². The molecule has 0 saturated carbocycles. The molecule has 3 aromatic carbocycles. The molecule has 164 valence electrons. The van der Waals surface area contributed by atoms with Gasteiger partial charge in [0.25, 0.3) is 5.91 Å². The van der Waals surface area contributed by atoms with E-state index in [2.05, 4.69) is 21.2 Å². The van der Waals surface area contributed by atoms with E-state index in [-0.39, 0.29) is 11.5 Å². The van der Waals surface area contributed by atoms with Gasteiger partial charge in [-0.25, -0.2) is 0 Å². The third-order valence-corrected chi connectivity index (χ3v) is 6.96. The third kappa shape index (κ3) is 5.19. The monoisotopic (exact) mass is 517 g/mol. The molecule has 1 aliphatic heterocycles. The van der Waals surface area contributed by atoms with Crippen molar-refractivity contribution in [2.24, 2.45) is 0 Å². The SMILES string of the molecule is Cc1ccc(NC(=O)/C(C#N)=C2\S[C@H](Cc3ccc(Br)cc3)C(=O)N2c2ccccc2)cc1. The van der Waals surface area contributed by atoms with Crippen LogP contribution in [0.15, 0.2) is 93.9 Å². The van der Waals surface area contributed by atoms with Crippen molar-refractivity contribution in [3.63, 3.8) is 0 Å².